The summed E-state index contributed by atoms with van der Waals surface area (Å²) < 4.78 is 2.08. The van der Waals surface area contributed by atoms with Gasteiger partial charge in [-0.3, -0.25) is 14.5 Å². The average molecular weight is 367 g/mol. The number of piperidine rings is 1. The minimum atomic E-state index is 0.0209. The molecule has 0 radical (unpaired) electrons. The number of fused-ring (bicyclic) bond motifs is 1. The SMILES string of the molecule is Cc1ccc(C(=O)N2Cc3ccnn3CC(CCN3CCCCC3)C2)nc1. The summed E-state index contributed by atoms with van der Waals surface area (Å²) in [5, 5.41) is 4.49. The summed E-state index contributed by atoms with van der Waals surface area (Å²) in [6, 6.07) is 5.81. The van der Waals surface area contributed by atoms with Crippen molar-refractivity contribution in [2.75, 3.05) is 26.2 Å². The highest BCUT2D eigenvalue weighted by Crippen LogP contribution is 2.21. The van der Waals surface area contributed by atoms with Crippen molar-refractivity contribution < 1.29 is 4.79 Å². The van der Waals surface area contributed by atoms with Gasteiger partial charge in [-0.25, -0.2) is 0 Å². The first-order valence-corrected chi connectivity index (χ1v) is 10.1. The molecule has 0 aromatic carbocycles. The molecule has 1 fully saturated rings. The number of likely N-dealkylation sites (tertiary alicyclic amines) is 1. The maximum Gasteiger partial charge on any atom is 0.272 e. The van der Waals surface area contributed by atoms with E-state index in [1.165, 1.54) is 32.4 Å². The number of rotatable bonds is 4. The lowest BCUT2D eigenvalue weighted by atomic mass is 10.0. The molecule has 1 amide bonds. The number of pyridine rings is 1. The minimum absolute atomic E-state index is 0.0209. The zero-order valence-corrected chi connectivity index (χ0v) is 16.2. The Morgan fingerprint density at radius 3 is 2.78 bits per heavy atom. The average Bonchev–Trinajstić information content (AvgIpc) is 3.05. The molecule has 0 N–H and O–H groups in total. The largest absolute Gasteiger partial charge is 0.331 e. The summed E-state index contributed by atoms with van der Waals surface area (Å²) in [6.45, 7) is 7.81. The third kappa shape index (κ3) is 4.38. The zero-order chi connectivity index (χ0) is 18.6. The summed E-state index contributed by atoms with van der Waals surface area (Å²) in [6.07, 6.45) is 8.71. The van der Waals surface area contributed by atoms with Gasteiger partial charge >= 0.3 is 0 Å². The van der Waals surface area contributed by atoms with E-state index in [1.807, 2.05) is 36.2 Å². The molecule has 2 aliphatic rings. The summed E-state index contributed by atoms with van der Waals surface area (Å²) in [7, 11) is 0. The number of hydrogen-bond acceptors (Lipinski definition) is 4. The molecule has 4 rings (SSSR count). The second-order valence-corrected chi connectivity index (χ2v) is 7.97. The van der Waals surface area contributed by atoms with Crippen LogP contribution in [0.15, 0.2) is 30.6 Å². The first kappa shape index (κ1) is 18.2. The highest BCUT2D eigenvalue weighted by atomic mass is 16.2. The van der Waals surface area contributed by atoms with Crippen molar-refractivity contribution in [1.82, 2.24) is 24.6 Å². The van der Waals surface area contributed by atoms with E-state index in [0.29, 0.717) is 18.2 Å². The predicted molar refractivity (Wildman–Crippen MR) is 104 cm³/mol. The van der Waals surface area contributed by atoms with Crippen molar-refractivity contribution in [3.63, 3.8) is 0 Å². The van der Waals surface area contributed by atoms with Crippen molar-refractivity contribution in [3.05, 3.63) is 47.5 Å². The number of nitrogens with zero attached hydrogens (tertiary/aromatic N) is 5. The van der Waals surface area contributed by atoms with E-state index in [4.69, 9.17) is 0 Å². The topological polar surface area (TPSA) is 54.3 Å². The fourth-order valence-corrected chi connectivity index (χ4v) is 4.17. The third-order valence-corrected chi connectivity index (χ3v) is 5.79. The Balaban J connectivity index is 1.47. The van der Waals surface area contributed by atoms with E-state index in [-0.39, 0.29) is 5.91 Å². The number of aryl methyl sites for hydroxylation is 1. The number of amides is 1. The van der Waals surface area contributed by atoms with Gasteiger partial charge in [0.1, 0.15) is 5.69 Å². The molecule has 2 aliphatic heterocycles. The van der Waals surface area contributed by atoms with E-state index in [1.54, 1.807) is 6.20 Å². The van der Waals surface area contributed by atoms with Gasteiger partial charge in [-0.1, -0.05) is 12.5 Å². The van der Waals surface area contributed by atoms with E-state index >= 15 is 0 Å². The van der Waals surface area contributed by atoms with Crippen LogP contribution in [0.1, 0.15) is 47.4 Å². The van der Waals surface area contributed by atoms with Crippen LogP contribution >= 0.6 is 0 Å². The lowest BCUT2D eigenvalue weighted by Crippen LogP contribution is -2.37. The fourth-order valence-electron chi connectivity index (χ4n) is 4.17. The summed E-state index contributed by atoms with van der Waals surface area (Å²) >= 11 is 0. The molecule has 2 aromatic heterocycles. The van der Waals surface area contributed by atoms with Crippen molar-refractivity contribution >= 4 is 5.91 Å². The van der Waals surface area contributed by atoms with Gasteiger partial charge < -0.3 is 9.80 Å². The van der Waals surface area contributed by atoms with Crippen molar-refractivity contribution in [2.24, 2.45) is 5.92 Å². The van der Waals surface area contributed by atoms with Gasteiger partial charge in [-0.2, -0.15) is 5.10 Å². The van der Waals surface area contributed by atoms with E-state index in [2.05, 4.69) is 19.7 Å². The molecule has 0 spiro atoms. The van der Waals surface area contributed by atoms with Crippen LogP contribution in [0, 0.1) is 12.8 Å². The molecule has 27 heavy (non-hydrogen) atoms. The minimum Gasteiger partial charge on any atom is -0.331 e. The van der Waals surface area contributed by atoms with Crippen molar-refractivity contribution in [2.45, 2.75) is 45.7 Å². The molecule has 2 aromatic rings. The third-order valence-electron chi connectivity index (χ3n) is 5.79. The molecule has 4 heterocycles. The fraction of sp³-hybridized carbons (Fsp3) is 0.571. The van der Waals surface area contributed by atoms with Gasteiger partial charge in [0.25, 0.3) is 5.91 Å². The Kier molecular flexibility index (Phi) is 5.53. The zero-order valence-electron chi connectivity index (χ0n) is 16.2. The van der Waals surface area contributed by atoms with Crippen LogP contribution < -0.4 is 0 Å². The summed E-state index contributed by atoms with van der Waals surface area (Å²) in [5.74, 6) is 0.440. The monoisotopic (exact) mass is 367 g/mol. The maximum atomic E-state index is 13.1. The molecule has 1 atom stereocenters. The Labute approximate surface area is 161 Å². The van der Waals surface area contributed by atoms with Gasteiger partial charge in [0.2, 0.25) is 0 Å². The molecular formula is C21H29N5O. The lowest BCUT2D eigenvalue weighted by molar-refractivity contribution is 0.0707. The molecule has 144 valence electrons. The summed E-state index contributed by atoms with van der Waals surface area (Å²) in [5.41, 5.74) is 2.71. The number of aromatic nitrogens is 3. The number of carbonyl (C=O) groups is 1. The predicted octanol–water partition coefficient (Wildman–Crippen LogP) is 2.73. The van der Waals surface area contributed by atoms with E-state index in [9.17, 15) is 4.79 Å². The van der Waals surface area contributed by atoms with Crippen LogP contribution in [0.25, 0.3) is 0 Å². The van der Waals surface area contributed by atoms with Crippen LogP contribution in [0.2, 0.25) is 0 Å². The van der Waals surface area contributed by atoms with E-state index in [0.717, 1.165) is 37.3 Å². The van der Waals surface area contributed by atoms with Gasteiger partial charge in [0.15, 0.2) is 0 Å². The molecule has 1 saturated heterocycles. The lowest BCUT2D eigenvalue weighted by Gasteiger charge is -2.29. The Bertz CT molecular complexity index is 763. The molecule has 0 saturated carbocycles. The van der Waals surface area contributed by atoms with Crippen LogP contribution in [0.3, 0.4) is 0 Å². The normalized spacial score (nSPS) is 20.9. The first-order chi connectivity index (χ1) is 13.2. The molecule has 0 aliphatic carbocycles. The highest BCUT2D eigenvalue weighted by Gasteiger charge is 2.27. The van der Waals surface area contributed by atoms with Crippen LogP contribution in [0.5, 0.6) is 0 Å². The Hall–Kier alpha value is -2.21. The van der Waals surface area contributed by atoms with Gasteiger partial charge in [-0.15, -0.1) is 0 Å². The smallest absolute Gasteiger partial charge is 0.272 e. The van der Waals surface area contributed by atoms with Crippen molar-refractivity contribution in [3.8, 4) is 0 Å². The molecule has 6 nitrogen and oxygen atoms in total. The molecular weight excluding hydrogens is 338 g/mol. The Morgan fingerprint density at radius 2 is 2.00 bits per heavy atom. The van der Waals surface area contributed by atoms with E-state index < -0.39 is 0 Å². The van der Waals surface area contributed by atoms with Crippen LogP contribution in [-0.4, -0.2) is 56.7 Å². The Morgan fingerprint density at radius 1 is 1.15 bits per heavy atom. The standard InChI is InChI=1S/C21H29N5O/c1-17-5-6-20(22-13-17)21(27)25-14-18(8-12-24-10-3-2-4-11-24)15-26-19(16-25)7-9-23-26/h5-7,9,13,18H,2-4,8,10-12,14-16H2,1H3. The first-order valence-electron chi connectivity index (χ1n) is 10.1. The highest BCUT2D eigenvalue weighted by molar-refractivity contribution is 5.92. The van der Waals surface area contributed by atoms with Gasteiger partial charge in [0, 0.05) is 25.5 Å². The van der Waals surface area contributed by atoms with Crippen LogP contribution in [-0.2, 0) is 13.1 Å². The quantitative estimate of drug-likeness (QED) is 0.834. The molecule has 0 bridgehead atoms. The second kappa shape index (κ2) is 8.21. The number of hydrogen-bond donors (Lipinski definition) is 0. The van der Waals surface area contributed by atoms with Gasteiger partial charge in [-0.05, 0) is 69.4 Å². The second-order valence-electron chi connectivity index (χ2n) is 7.97. The molecule has 1 unspecified atom stereocenters. The van der Waals surface area contributed by atoms with Gasteiger partial charge in [0.05, 0.1) is 12.2 Å². The van der Waals surface area contributed by atoms with Crippen LogP contribution in [0.4, 0.5) is 0 Å². The summed E-state index contributed by atoms with van der Waals surface area (Å²) in [4.78, 5) is 22.0. The molecule has 6 heteroatoms. The van der Waals surface area contributed by atoms with Crippen molar-refractivity contribution in [1.29, 1.82) is 0 Å². The number of carbonyl (C=O) groups excluding carboxylic acids is 1. The maximum absolute atomic E-state index is 13.1.